The number of hydrogen-bond donors (Lipinski definition) is 2. The van der Waals surface area contributed by atoms with Gasteiger partial charge in [0.1, 0.15) is 0 Å². The van der Waals surface area contributed by atoms with Gasteiger partial charge in [-0.1, -0.05) is 0 Å². The molecule has 0 saturated carbocycles. The maximum absolute atomic E-state index is 10.8. The van der Waals surface area contributed by atoms with Gasteiger partial charge in [-0.05, 0) is 39.2 Å². The van der Waals surface area contributed by atoms with E-state index in [-0.39, 0.29) is 5.91 Å². The number of carbonyl (C=O) groups is 1. The van der Waals surface area contributed by atoms with Crippen molar-refractivity contribution in [2.45, 2.75) is 39.2 Å². The SMILES string of the molecule is CC(=O)NCC1CCCN(CC(C)(C)O)C1. The Bertz CT molecular complexity index is 236. The van der Waals surface area contributed by atoms with Gasteiger partial charge in [0.15, 0.2) is 0 Å². The average molecular weight is 228 g/mol. The third kappa shape index (κ3) is 5.47. The maximum Gasteiger partial charge on any atom is 0.216 e. The van der Waals surface area contributed by atoms with Crippen molar-refractivity contribution in [1.82, 2.24) is 10.2 Å². The zero-order valence-electron chi connectivity index (χ0n) is 10.6. The maximum atomic E-state index is 10.8. The Morgan fingerprint density at radius 3 is 2.81 bits per heavy atom. The highest BCUT2D eigenvalue weighted by molar-refractivity contribution is 5.72. The number of nitrogens with zero attached hydrogens (tertiary/aromatic N) is 1. The van der Waals surface area contributed by atoms with E-state index >= 15 is 0 Å². The standard InChI is InChI=1S/C12H24N2O2/c1-10(15)13-7-11-5-4-6-14(8-11)9-12(2,3)16/h11,16H,4-9H2,1-3H3,(H,13,15). The van der Waals surface area contributed by atoms with Crippen LogP contribution < -0.4 is 5.32 Å². The van der Waals surface area contributed by atoms with Gasteiger partial charge in [-0.2, -0.15) is 0 Å². The number of rotatable bonds is 4. The number of amides is 1. The van der Waals surface area contributed by atoms with E-state index in [4.69, 9.17) is 0 Å². The average Bonchev–Trinajstić information content (AvgIpc) is 2.12. The molecule has 16 heavy (non-hydrogen) atoms. The zero-order chi connectivity index (χ0) is 12.2. The molecule has 0 aromatic rings. The van der Waals surface area contributed by atoms with E-state index in [2.05, 4.69) is 10.2 Å². The van der Waals surface area contributed by atoms with Crippen molar-refractivity contribution in [2.24, 2.45) is 5.92 Å². The van der Waals surface area contributed by atoms with Gasteiger partial charge in [0, 0.05) is 26.6 Å². The lowest BCUT2D eigenvalue weighted by atomic mass is 9.96. The first-order valence-electron chi connectivity index (χ1n) is 6.06. The largest absolute Gasteiger partial charge is 0.389 e. The fourth-order valence-corrected chi connectivity index (χ4v) is 2.30. The highest BCUT2D eigenvalue weighted by atomic mass is 16.3. The smallest absolute Gasteiger partial charge is 0.216 e. The van der Waals surface area contributed by atoms with Crippen molar-refractivity contribution in [3.8, 4) is 0 Å². The van der Waals surface area contributed by atoms with Crippen LogP contribution in [0.2, 0.25) is 0 Å². The van der Waals surface area contributed by atoms with Gasteiger partial charge in [-0.15, -0.1) is 0 Å². The first kappa shape index (κ1) is 13.5. The van der Waals surface area contributed by atoms with Gasteiger partial charge >= 0.3 is 0 Å². The van der Waals surface area contributed by atoms with Crippen LogP contribution in [0.1, 0.15) is 33.6 Å². The number of β-amino-alcohol motifs (C(OH)–C–C–N with tert-alkyl or cyclic N) is 1. The molecule has 0 bridgehead atoms. The molecule has 2 N–H and O–H groups in total. The molecule has 4 heteroatoms. The molecule has 0 aromatic carbocycles. The minimum atomic E-state index is -0.629. The van der Waals surface area contributed by atoms with Crippen LogP contribution in [0.15, 0.2) is 0 Å². The number of nitrogens with one attached hydrogen (secondary N) is 1. The van der Waals surface area contributed by atoms with Gasteiger partial charge in [0.05, 0.1) is 5.60 Å². The lowest BCUT2D eigenvalue weighted by Crippen LogP contribution is -2.46. The summed E-state index contributed by atoms with van der Waals surface area (Å²) in [5.74, 6) is 0.569. The molecule has 0 aromatic heterocycles. The fraction of sp³-hybridized carbons (Fsp3) is 0.917. The predicted octanol–water partition coefficient (Wildman–Crippen LogP) is 0.605. The highest BCUT2D eigenvalue weighted by Crippen LogP contribution is 2.17. The Labute approximate surface area is 98.0 Å². The first-order valence-corrected chi connectivity index (χ1v) is 6.06. The van der Waals surface area contributed by atoms with Gasteiger partial charge in [-0.3, -0.25) is 4.79 Å². The molecule has 4 nitrogen and oxygen atoms in total. The summed E-state index contributed by atoms with van der Waals surface area (Å²) >= 11 is 0. The normalized spacial score (nSPS) is 23.1. The first-order chi connectivity index (χ1) is 7.37. The molecule has 1 heterocycles. The van der Waals surface area contributed by atoms with Gasteiger partial charge in [-0.25, -0.2) is 0 Å². The van der Waals surface area contributed by atoms with Crippen LogP contribution >= 0.6 is 0 Å². The van der Waals surface area contributed by atoms with E-state index in [0.717, 1.165) is 26.1 Å². The van der Waals surface area contributed by atoms with Gasteiger partial charge < -0.3 is 15.3 Å². The van der Waals surface area contributed by atoms with Crippen molar-refractivity contribution in [3.63, 3.8) is 0 Å². The van der Waals surface area contributed by atoms with Crippen molar-refractivity contribution in [3.05, 3.63) is 0 Å². The monoisotopic (exact) mass is 228 g/mol. The van der Waals surface area contributed by atoms with E-state index in [1.807, 2.05) is 13.8 Å². The Kier molecular flexibility index (Phi) is 4.74. The molecule has 1 aliphatic heterocycles. The van der Waals surface area contributed by atoms with E-state index in [9.17, 15) is 9.90 Å². The molecule has 1 atom stereocenters. The zero-order valence-corrected chi connectivity index (χ0v) is 10.6. The quantitative estimate of drug-likeness (QED) is 0.741. The number of hydrogen-bond acceptors (Lipinski definition) is 3. The van der Waals surface area contributed by atoms with Crippen molar-refractivity contribution >= 4 is 5.91 Å². The summed E-state index contributed by atoms with van der Waals surface area (Å²) in [6.45, 7) is 8.73. The summed E-state index contributed by atoms with van der Waals surface area (Å²) in [5, 5.41) is 12.6. The lowest BCUT2D eigenvalue weighted by Gasteiger charge is -2.36. The third-order valence-electron chi connectivity index (χ3n) is 2.85. The third-order valence-corrected chi connectivity index (χ3v) is 2.85. The molecule has 94 valence electrons. The Hall–Kier alpha value is -0.610. The minimum Gasteiger partial charge on any atom is -0.389 e. The Morgan fingerprint density at radius 1 is 1.56 bits per heavy atom. The molecule has 1 saturated heterocycles. The molecule has 1 unspecified atom stereocenters. The molecule has 0 spiro atoms. The summed E-state index contributed by atoms with van der Waals surface area (Å²) in [4.78, 5) is 13.1. The van der Waals surface area contributed by atoms with Crippen LogP contribution in [0.5, 0.6) is 0 Å². The summed E-state index contributed by atoms with van der Waals surface area (Å²) in [6.07, 6.45) is 2.32. The molecule has 1 fully saturated rings. The Morgan fingerprint density at radius 2 is 2.25 bits per heavy atom. The van der Waals surface area contributed by atoms with Crippen LogP contribution in [-0.2, 0) is 4.79 Å². The summed E-state index contributed by atoms with van der Waals surface area (Å²) < 4.78 is 0. The second-order valence-electron chi connectivity index (χ2n) is 5.49. The van der Waals surface area contributed by atoms with Crippen LogP contribution in [0.4, 0.5) is 0 Å². The van der Waals surface area contributed by atoms with Gasteiger partial charge in [0.2, 0.25) is 5.91 Å². The van der Waals surface area contributed by atoms with Crippen LogP contribution in [-0.4, -0.2) is 47.7 Å². The minimum absolute atomic E-state index is 0.0413. The summed E-state index contributed by atoms with van der Waals surface area (Å²) in [7, 11) is 0. The molecule has 1 rings (SSSR count). The fourth-order valence-electron chi connectivity index (χ4n) is 2.30. The predicted molar refractivity (Wildman–Crippen MR) is 64.1 cm³/mol. The number of piperidine rings is 1. The van der Waals surface area contributed by atoms with Crippen molar-refractivity contribution in [1.29, 1.82) is 0 Å². The van der Waals surface area contributed by atoms with E-state index in [0.29, 0.717) is 12.5 Å². The summed E-state index contributed by atoms with van der Waals surface area (Å²) in [6, 6.07) is 0. The molecule has 0 radical (unpaired) electrons. The van der Waals surface area contributed by atoms with E-state index < -0.39 is 5.60 Å². The Balaban J connectivity index is 2.32. The number of aliphatic hydroxyl groups is 1. The summed E-state index contributed by atoms with van der Waals surface area (Å²) in [5.41, 5.74) is -0.629. The molecule has 0 aliphatic carbocycles. The lowest BCUT2D eigenvalue weighted by molar-refractivity contribution is -0.119. The molecule has 1 amide bonds. The second-order valence-corrected chi connectivity index (χ2v) is 5.49. The van der Waals surface area contributed by atoms with Crippen molar-refractivity contribution in [2.75, 3.05) is 26.2 Å². The van der Waals surface area contributed by atoms with Crippen LogP contribution in [0.3, 0.4) is 0 Å². The van der Waals surface area contributed by atoms with E-state index in [1.165, 1.54) is 6.42 Å². The van der Waals surface area contributed by atoms with Crippen LogP contribution in [0.25, 0.3) is 0 Å². The number of likely N-dealkylation sites (tertiary alicyclic amines) is 1. The topological polar surface area (TPSA) is 52.6 Å². The molecular formula is C12H24N2O2. The highest BCUT2D eigenvalue weighted by Gasteiger charge is 2.24. The van der Waals surface area contributed by atoms with Gasteiger partial charge in [0.25, 0.3) is 0 Å². The second kappa shape index (κ2) is 5.64. The molecular weight excluding hydrogens is 204 g/mol. The van der Waals surface area contributed by atoms with E-state index in [1.54, 1.807) is 6.92 Å². The number of carbonyl (C=O) groups excluding carboxylic acids is 1. The van der Waals surface area contributed by atoms with Crippen molar-refractivity contribution < 1.29 is 9.90 Å². The molecule has 1 aliphatic rings. The van der Waals surface area contributed by atoms with Crippen LogP contribution in [0, 0.1) is 5.92 Å².